The van der Waals surface area contributed by atoms with Gasteiger partial charge in [-0.2, -0.15) is 13.2 Å². The molecule has 1 unspecified atom stereocenters. The number of halogens is 3. The van der Waals surface area contributed by atoms with Gasteiger partial charge in [0.05, 0.1) is 16.6 Å². The molecule has 1 saturated carbocycles. The molecule has 1 aromatic carbocycles. The molecule has 1 aliphatic carbocycles. The predicted octanol–water partition coefficient (Wildman–Crippen LogP) is 5.24. The van der Waals surface area contributed by atoms with Crippen molar-refractivity contribution in [3.8, 4) is 0 Å². The number of piperidine rings is 1. The van der Waals surface area contributed by atoms with Crippen LogP contribution in [0, 0.1) is 11.3 Å². The van der Waals surface area contributed by atoms with Crippen molar-refractivity contribution in [1.29, 1.82) is 0 Å². The number of ether oxygens (including phenoxy) is 1. The lowest BCUT2D eigenvalue weighted by Gasteiger charge is -2.44. The number of likely N-dealkylation sites (tertiary alicyclic amines) is 1. The van der Waals surface area contributed by atoms with E-state index in [0.717, 1.165) is 6.07 Å². The van der Waals surface area contributed by atoms with Gasteiger partial charge in [0, 0.05) is 19.1 Å². The third kappa shape index (κ3) is 5.93. The smallest absolute Gasteiger partial charge is 0.416 e. The average Bonchev–Trinajstić information content (AvgIpc) is 3.17. The highest BCUT2D eigenvalue weighted by atomic mass is 19.4. The molecular weight excluding hydrogens is 461 g/mol. The number of nitrogens with zero attached hydrogens (tertiary/aromatic N) is 1. The number of alkyl halides is 3. The predicted molar refractivity (Wildman–Crippen MR) is 125 cm³/mol. The summed E-state index contributed by atoms with van der Waals surface area (Å²) in [5.41, 5.74) is -3.93. The van der Waals surface area contributed by atoms with Crippen molar-refractivity contribution >= 4 is 12.0 Å². The van der Waals surface area contributed by atoms with Gasteiger partial charge in [0.2, 0.25) is 5.91 Å². The lowest BCUT2D eigenvalue weighted by atomic mass is 9.73. The molecule has 2 atom stereocenters. The van der Waals surface area contributed by atoms with Gasteiger partial charge in [0.1, 0.15) is 5.60 Å². The molecule has 6 nitrogen and oxygen atoms in total. The zero-order chi connectivity index (χ0) is 26.2. The number of rotatable bonds is 4. The SMILES string of the molecule is CC(C)[C@]1(C(=O)N2CCC(O)(c3ccccc3C(F)(F)F)CC2)CCC(NC(=O)OC(C)(C)C)C1. The van der Waals surface area contributed by atoms with Crippen LogP contribution in [0.15, 0.2) is 24.3 Å². The van der Waals surface area contributed by atoms with Crippen LogP contribution in [0.2, 0.25) is 0 Å². The molecule has 9 heteroatoms. The van der Waals surface area contributed by atoms with Crippen molar-refractivity contribution < 1.29 is 32.6 Å². The summed E-state index contributed by atoms with van der Waals surface area (Å²) in [5, 5.41) is 14.0. The first-order valence-corrected chi connectivity index (χ1v) is 12.3. The van der Waals surface area contributed by atoms with Crippen molar-refractivity contribution in [2.45, 2.75) is 90.1 Å². The molecular formula is C26H37F3N2O4. The highest BCUT2D eigenvalue weighted by Gasteiger charge is 2.51. The lowest BCUT2D eigenvalue weighted by molar-refractivity contribution is -0.151. The Morgan fingerprint density at radius 1 is 1.11 bits per heavy atom. The van der Waals surface area contributed by atoms with E-state index in [1.807, 2.05) is 13.8 Å². The van der Waals surface area contributed by atoms with Gasteiger partial charge in [-0.1, -0.05) is 32.0 Å². The van der Waals surface area contributed by atoms with Crippen molar-refractivity contribution in [1.82, 2.24) is 10.2 Å². The van der Waals surface area contributed by atoms with E-state index in [2.05, 4.69) is 5.32 Å². The van der Waals surface area contributed by atoms with Crippen molar-refractivity contribution in [3.63, 3.8) is 0 Å². The maximum atomic E-state index is 13.7. The fourth-order valence-corrected chi connectivity index (χ4v) is 5.44. The number of alkyl carbamates (subject to hydrolysis) is 1. The molecule has 2 fully saturated rings. The summed E-state index contributed by atoms with van der Waals surface area (Å²) in [4.78, 5) is 27.6. The van der Waals surface area contributed by atoms with E-state index in [4.69, 9.17) is 4.74 Å². The Bertz CT molecular complexity index is 933. The van der Waals surface area contributed by atoms with E-state index in [1.165, 1.54) is 18.2 Å². The number of carbonyl (C=O) groups is 2. The van der Waals surface area contributed by atoms with E-state index < -0.39 is 34.5 Å². The van der Waals surface area contributed by atoms with Gasteiger partial charge in [0.15, 0.2) is 0 Å². The molecule has 1 aromatic rings. The van der Waals surface area contributed by atoms with Crippen LogP contribution in [-0.2, 0) is 21.3 Å². The highest BCUT2D eigenvalue weighted by molar-refractivity contribution is 5.84. The van der Waals surface area contributed by atoms with E-state index >= 15 is 0 Å². The topological polar surface area (TPSA) is 78.9 Å². The van der Waals surface area contributed by atoms with Crippen LogP contribution < -0.4 is 5.32 Å². The molecule has 1 saturated heterocycles. The molecule has 196 valence electrons. The van der Waals surface area contributed by atoms with Crippen LogP contribution in [0.5, 0.6) is 0 Å². The Hall–Kier alpha value is -2.29. The monoisotopic (exact) mass is 498 g/mol. The van der Waals surface area contributed by atoms with Crippen LogP contribution >= 0.6 is 0 Å². The normalized spacial score (nSPS) is 25.0. The summed E-state index contributed by atoms with van der Waals surface area (Å²) < 4.78 is 45.9. The zero-order valence-electron chi connectivity index (χ0n) is 21.2. The molecule has 1 heterocycles. The molecule has 3 rings (SSSR count). The first kappa shape index (κ1) is 27.3. The summed E-state index contributed by atoms with van der Waals surface area (Å²) in [6.45, 7) is 9.65. The van der Waals surface area contributed by atoms with Gasteiger partial charge in [-0.15, -0.1) is 0 Å². The van der Waals surface area contributed by atoms with Crippen LogP contribution in [0.25, 0.3) is 0 Å². The highest BCUT2D eigenvalue weighted by Crippen LogP contribution is 2.47. The van der Waals surface area contributed by atoms with Gasteiger partial charge < -0.3 is 20.1 Å². The van der Waals surface area contributed by atoms with Gasteiger partial charge in [-0.25, -0.2) is 4.79 Å². The Labute approximate surface area is 205 Å². The minimum atomic E-state index is -4.57. The summed E-state index contributed by atoms with van der Waals surface area (Å²) in [7, 11) is 0. The second kappa shape index (κ2) is 9.64. The third-order valence-electron chi connectivity index (χ3n) is 7.41. The summed E-state index contributed by atoms with van der Waals surface area (Å²) >= 11 is 0. The van der Waals surface area contributed by atoms with E-state index in [9.17, 15) is 27.9 Å². The molecule has 0 bridgehead atoms. The number of hydrogen-bond donors (Lipinski definition) is 2. The van der Waals surface area contributed by atoms with Gasteiger partial charge >= 0.3 is 12.3 Å². The fraction of sp³-hybridized carbons (Fsp3) is 0.692. The van der Waals surface area contributed by atoms with E-state index in [0.29, 0.717) is 19.3 Å². The molecule has 2 amide bonds. The molecule has 0 radical (unpaired) electrons. The fourth-order valence-electron chi connectivity index (χ4n) is 5.44. The molecule has 2 aliphatic rings. The van der Waals surface area contributed by atoms with E-state index in [1.54, 1.807) is 25.7 Å². The van der Waals surface area contributed by atoms with Crippen molar-refractivity contribution in [2.24, 2.45) is 11.3 Å². The number of benzene rings is 1. The van der Waals surface area contributed by atoms with Gasteiger partial charge in [0.25, 0.3) is 0 Å². The quantitative estimate of drug-likeness (QED) is 0.596. The standard InChI is InChI=1S/C26H37F3N2O4/c1-17(2)24(11-10-18(16-24)30-22(33)35-23(3,4)5)21(32)31-14-12-25(34,13-15-31)19-8-6-7-9-20(19)26(27,28)29/h6-9,17-18,34H,10-16H2,1-5H3,(H,30,33)/t18?,24-/m0/s1. The Balaban J connectivity index is 1.71. The number of nitrogens with one attached hydrogen (secondary N) is 1. The Kier molecular flexibility index (Phi) is 7.52. The van der Waals surface area contributed by atoms with E-state index in [-0.39, 0.29) is 49.4 Å². The zero-order valence-corrected chi connectivity index (χ0v) is 21.2. The molecule has 1 aliphatic heterocycles. The minimum absolute atomic E-state index is 0.00667. The second-order valence-electron chi connectivity index (χ2n) is 11.3. The maximum Gasteiger partial charge on any atom is 0.416 e. The van der Waals surface area contributed by atoms with Crippen LogP contribution in [0.4, 0.5) is 18.0 Å². The first-order chi connectivity index (χ1) is 16.1. The summed E-state index contributed by atoms with van der Waals surface area (Å²) in [6, 6.07) is 4.90. The largest absolute Gasteiger partial charge is 0.444 e. The van der Waals surface area contributed by atoms with Gasteiger partial charge in [-0.05, 0) is 70.4 Å². The number of hydrogen-bond acceptors (Lipinski definition) is 4. The minimum Gasteiger partial charge on any atom is -0.444 e. The number of carbonyl (C=O) groups excluding carboxylic acids is 2. The number of aliphatic hydroxyl groups is 1. The number of amides is 2. The second-order valence-corrected chi connectivity index (χ2v) is 11.3. The lowest BCUT2D eigenvalue weighted by Crippen LogP contribution is -2.52. The first-order valence-electron chi connectivity index (χ1n) is 12.3. The summed E-state index contributed by atoms with van der Waals surface area (Å²) in [6.07, 6.45) is -3.32. The maximum absolute atomic E-state index is 13.7. The van der Waals surface area contributed by atoms with Crippen molar-refractivity contribution in [2.75, 3.05) is 13.1 Å². The summed E-state index contributed by atoms with van der Waals surface area (Å²) in [5.74, 6) is -0.0562. The Morgan fingerprint density at radius 3 is 2.26 bits per heavy atom. The van der Waals surface area contributed by atoms with Crippen LogP contribution in [-0.4, -0.2) is 46.7 Å². The third-order valence-corrected chi connectivity index (χ3v) is 7.41. The Morgan fingerprint density at radius 2 is 1.71 bits per heavy atom. The molecule has 2 N–H and O–H groups in total. The average molecular weight is 499 g/mol. The van der Waals surface area contributed by atoms with Crippen LogP contribution in [0.1, 0.15) is 77.8 Å². The van der Waals surface area contributed by atoms with Crippen molar-refractivity contribution in [3.05, 3.63) is 35.4 Å². The van der Waals surface area contributed by atoms with Crippen LogP contribution in [0.3, 0.4) is 0 Å². The van der Waals surface area contributed by atoms with Gasteiger partial charge in [-0.3, -0.25) is 4.79 Å². The molecule has 0 spiro atoms. The molecule has 0 aromatic heterocycles. The molecule has 35 heavy (non-hydrogen) atoms.